The number of carbonyl (C=O) groups is 4. The van der Waals surface area contributed by atoms with E-state index in [4.69, 9.17) is 4.74 Å². The molecule has 0 aromatic carbocycles. The number of thioether (sulfide) groups is 1. The zero-order chi connectivity index (χ0) is 21.3. The highest BCUT2D eigenvalue weighted by molar-refractivity contribution is 8.01. The number of fused-ring (bicyclic) bond motifs is 1. The van der Waals surface area contributed by atoms with Crippen LogP contribution < -0.4 is 4.90 Å². The molecule has 9 nitrogen and oxygen atoms in total. The topological polar surface area (TPSA) is 124 Å². The van der Waals surface area contributed by atoms with Crippen LogP contribution in [0.1, 0.15) is 20.3 Å². The van der Waals surface area contributed by atoms with Crippen LogP contribution in [0, 0.1) is 0 Å². The van der Waals surface area contributed by atoms with Crippen LogP contribution in [0.5, 0.6) is 0 Å². The lowest BCUT2D eigenvalue weighted by atomic mass is 10.0. The van der Waals surface area contributed by atoms with Gasteiger partial charge in [0.1, 0.15) is 23.3 Å². The first-order valence-corrected chi connectivity index (χ1v) is 10.6. The number of carboxylic acid groups (broad SMARTS) is 1. The molecule has 0 saturated carbocycles. The fraction of sp³-hybridized carbons (Fsp3) is 0.444. The second kappa shape index (κ2) is 8.56. The van der Waals surface area contributed by atoms with Crippen molar-refractivity contribution in [2.24, 2.45) is 0 Å². The number of nitrogens with zero attached hydrogens (tertiary/aromatic N) is 2. The Labute approximate surface area is 174 Å². The van der Waals surface area contributed by atoms with E-state index in [1.54, 1.807) is 17.5 Å². The number of ether oxygens (including phenoxy) is 1. The fourth-order valence-electron chi connectivity index (χ4n) is 3.15. The maximum Gasteiger partial charge on any atom is 0.321 e. The van der Waals surface area contributed by atoms with E-state index in [0.717, 1.165) is 11.8 Å². The molecule has 0 spiro atoms. The molecule has 1 aromatic heterocycles. The molecule has 3 heterocycles. The number of aliphatic hydroxyl groups is 1. The third kappa shape index (κ3) is 4.31. The molecular formula is C18H20N2O7S2. The Balaban J connectivity index is 1.79. The molecule has 1 saturated heterocycles. The summed E-state index contributed by atoms with van der Waals surface area (Å²) in [5.41, 5.74) is 0.259. The summed E-state index contributed by atoms with van der Waals surface area (Å²) in [5, 5.41) is 19.7. The summed E-state index contributed by atoms with van der Waals surface area (Å²) < 4.78 is 5.04. The summed E-state index contributed by atoms with van der Waals surface area (Å²) >= 11 is 2.34. The van der Waals surface area contributed by atoms with Crippen LogP contribution >= 0.6 is 23.1 Å². The molecule has 2 aliphatic rings. The fourth-order valence-corrected chi connectivity index (χ4v) is 5.34. The summed E-state index contributed by atoms with van der Waals surface area (Å²) in [6.45, 7) is 2.51. The van der Waals surface area contributed by atoms with Gasteiger partial charge in [0.15, 0.2) is 0 Å². The average molecular weight is 440 g/mol. The van der Waals surface area contributed by atoms with Gasteiger partial charge >= 0.3 is 11.9 Å². The van der Waals surface area contributed by atoms with E-state index in [1.165, 1.54) is 41.2 Å². The van der Waals surface area contributed by atoms with Crippen molar-refractivity contribution in [3.05, 3.63) is 29.3 Å². The second-order valence-electron chi connectivity index (χ2n) is 6.69. The van der Waals surface area contributed by atoms with Gasteiger partial charge in [-0.2, -0.15) is 0 Å². The van der Waals surface area contributed by atoms with Crippen LogP contribution in [0.25, 0.3) is 0 Å². The number of amides is 2. The van der Waals surface area contributed by atoms with E-state index in [9.17, 15) is 29.4 Å². The molecule has 1 aromatic rings. The van der Waals surface area contributed by atoms with Gasteiger partial charge in [0.2, 0.25) is 5.91 Å². The third-order valence-electron chi connectivity index (χ3n) is 4.42. The van der Waals surface area contributed by atoms with E-state index in [-0.39, 0.29) is 30.4 Å². The summed E-state index contributed by atoms with van der Waals surface area (Å²) in [5.74, 6) is -2.43. The SMILES string of the molecule is CC(=O)N(c1cccs1)C1C(=O)N2C=C(COC(=O)CC(C)O)C(C(=O)O)S[C@H]12. The molecular weight excluding hydrogens is 420 g/mol. The monoisotopic (exact) mass is 440 g/mol. The van der Waals surface area contributed by atoms with Crippen molar-refractivity contribution in [2.45, 2.75) is 43.0 Å². The third-order valence-corrected chi connectivity index (χ3v) is 6.82. The summed E-state index contributed by atoms with van der Waals surface area (Å²) in [6.07, 6.45) is 0.311. The molecule has 0 aliphatic carbocycles. The lowest BCUT2D eigenvalue weighted by Gasteiger charge is -2.51. The van der Waals surface area contributed by atoms with Crippen LogP contribution in [0.15, 0.2) is 29.3 Å². The Kier molecular flexibility index (Phi) is 6.30. The van der Waals surface area contributed by atoms with Crippen LogP contribution in [-0.2, 0) is 23.9 Å². The van der Waals surface area contributed by atoms with Crippen molar-refractivity contribution in [3.63, 3.8) is 0 Å². The van der Waals surface area contributed by atoms with Gasteiger partial charge in [-0.15, -0.1) is 23.1 Å². The smallest absolute Gasteiger partial charge is 0.321 e. The number of aliphatic hydroxyl groups excluding tert-OH is 1. The van der Waals surface area contributed by atoms with Crippen molar-refractivity contribution in [1.29, 1.82) is 0 Å². The first kappa shape index (κ1) is 21.3. The van der Waals surface area contributed by atoms with Gasteiger partial charge in [-0.1, -0.05) is 0 Å². The van der Waals surface area contributed by atoms with Crippen LogP contribution in [-0.4, -0.2) is 68.2 Å². The number of esters is 1. The molecule has 2 aliphatic heterocycles. The number of aliphatic carboxylic acids is 1. The number of thiophene rings is 1. The minimum Gasteiger partial charge on any atom is -0.480 e. The first-order chi connectivity index (χ1) is 13.7. The zero-order valence-electron chi connectivity index (χ0n) is 15.7. The average Bonchev–Trinajstić information content (AvgIpc) is 3.16. The van der Waals surface area contributed by atoms with E-state index in [0.29, 0.717) is 5.00 Å². The van der Waals surface area contributed by atoms with Gasteiger partial charge in [-0.05, 0) is 24.4 Å². The second-order valence-corrected chi connectivity index (χ2v) is 8.85. The molecule has 29 heavy (non-hydrogen) atoms. The van der Waals surface area contributed by atoms with Crippen LogP contribution in [0.4, 0.5) is 5.00 Å². The molecule has 4 atom stereocenters. The van der Waals surface area contributed by atoms with Gasteiger partial charge in [0, 0.05) is 18.7 Å². The molecule has 156 valence electrons. The van der Waals surface area contributed by atoms with Gasteiger partial charge in [0.05, 0.1) is 17.5 Å². The highest BCUT2D eigenvalue weighted by atomic mass is 32.2. The molecule has 3 rings (SSSR count). The number of hydrogen-bond donors (Lipinski definition) is 2. The lowest BCUT2D eigenvalue weighted by molar-refractivity contribution is -0.146. The minimum atomic E-state index is -1.13. The molecule has 2 N–H and O–H groups in total. The van der Waals surface area contributed by atoms with Crippen molar-refractivity contribution in [2.75, 3.05) is 11.5 Å². The molecule has 11 heteroatoms. The molecule has 2 amide bonds. The summed E-state index contributed by atoms with van der Waals surface area (Å²) in [6, 6.07) is 2.70. The molecule has 0 bridgehead atoms. The molecule has 1 fully saturated rings. The van der Waals surface area contributed by atoms with Crippen molar-refractivity contribution in [3.8, 4) is 0 Å². The normalized spacial score (nSPS) is 24.1. The first-order valence-electron chi connectivity index (χ1n) is 8.78. The number of β-lactam (4-membered cyclic amide) rings is 1. The lowest BCUT2D eigenvalue weighted by Crippen LogP contribution is -2.70. The minimum absolute atomic E-state index is 0.208. The Morgan fingerprint density at radius 2 is 2.10 bits per heavy atom. The number of carboxylic acids is 1. The zero-order valence-corrected chi connectivity index (χ0v) is 17.3. The largest absolute Gasteiger partial charge is 0.480 e. The predicted molar refractivity (Wildman–Crippen MR) is 106 cm³/mol. The Morgan fingerprint density at radius 3 is 2.66 bits per heavy atom. The van der Waals surface area contributed by atoms with Crippen LogP contribution in [0.2, 0.25) is 0 Å². The van der Waals surface area contributed by atoms with Crippen molar-refractivity contribution in [1.82, 2.24) is 4.90 Å². The Bertz CT molecular complexity index is 852. The Hall–Kier alpha value is -2.37. The quantitative estimate of drug-likeness (QED) is 0.476. The van der Waals surface area contributed by atoms with Crippen molar-refractivity contribution >= 4 is 51.9 Å². The van der Waals surface area contributed by atoms with E-state index < -0.39 is 34.7 Å². The van der Waals surface area contributed by atoms with Gasteiger partial charge in [0.25, 0.3) is 5.91 Å². The predicted octanol–water partition coefficient (Wildman–Crippen LogP) is 1.04. The number of anilines is 1. The van der Waals surface area contributed by atoms with Crippen molar-refractivity contribution < 1.29 is 34.1 Å². The maximum atomic E-state index is 12.7. The highest BCUT2D eigenvalue weighted by Gasteiger charge is 2.55. The van der Waals surface area contributed by atoms with Gasteiger partial charge in [-0.3, -0.25) is 24.1 Å². The summed E-state index contributed by atoms with van der Waals surface area (Å²) in [7, 11) is 0. The van der Waals surface area contributed by atoms with E-state index in [2.05, 4.69) is 0 Å². The standard InChI is InChI=1S/C18H20N2O7S2/c1-9(21)6-13(23)27-8-11-7-19-16(24)14(17(19)29-15(11)18(25)26)20(10(2)22)12-4-3-5-28-12/h3-5,7,9,14-15,17,21H,6,8H2,1-2H3,(H,25,26)/t9?,14?,15?,17-/m1/s1. The van der Waals surface area contributed by atoms with Gasteiger partial charge in [-0.25, -0.2) is 0 Å². The van der Waals surface area contributed by atoms with Crippen LogP contribution in [0.3, 0.4) is 0 Å². The highest BCUT2D eigenvalue weighted by Crippen LogP contribution is 2.44. The summed E-state index contributed by atoms with van der Waals surface area (Å²) in [4.78, 5) is 51.1. The maximum absolute atomic E-state index is 12.7. The number of carbonyl (C=O) groups excluding carboxylic acids is 3. The number of hydrogen-bond acceptors (Lipinski definition) is 8. The molecule has 0 radical (unpaired) electrons. The molecule has 3 unspecified atom stereocenters. The van der Waals surface area contributed by atoms with Gasteiger partial charge < -0.3 is 19.8 Å². The van der Waals surface area contributed by atoms with E-state index >= 15 is 0 Å². The van der Waals surface area contributed by atoms with E-state index in [1.807, 2.05) is 0 Å². The number of rotatable bonds is 7. The Morgan fingerprint density at radius 1 is 1.38 bits per heavy atom.